The van der Waals surface area contributed by atoms with Crippen LogP contribution in [-0.4, -0.2) is 55.6 Å². The van der Waals surface area contributed by atoms with Crippen molar-refractivity contribution in [1.82, 2.24) is 15.5 Å². The first kappa shape index (κ1) is 21.7. The second-order valence-corrected chi connectivity index (χ2v) is 7.37. The number of nitrogens with one attached hydrogen (secondary N) is 2. The highest BCUT2D eigenvalue weighted by atomic mass is 16.5. The molecule has 1 aliphatic heterocycles. The van der Waals surface area contributed by atoms with E-state index in [1.165, 1.54) is 5.56 Å². The van der Waals surface area contributed by atoms with Crippen molar-refractivity contribution in [1.29, 1.82) is 0 Å². The molecule has 3 rings (SSSR count). The minimum absolute atomic E-state index is 0.0522. The predicted octanol–water partition coefficient (Wildman–Crippen LogP) is 2.85. The molecule has 6 heteroatoms. The molecule has 2 aromatic rings. The zero-order chi connectivity index (χ0) is 21.0. The van der Waals surface area contributed by atoms with Crippen LogP contribution in [-0.2, 0) is 11.2 Å². The summed E-state index contributed by atoms with van der Waals surface area (Å²) in [4.78, 5) is 19.0. The van der Waals surface area contributed by atoms with Gasteiger partial charge in [-0.3, -0.25) is 4.79 Å². The van der Waals surface area contributed by atoms with E-state index < -0.39 is 0 Å². The van der Waals surface area contributed by atoms with Gasteiger partial charge in [-0.25, -0.2) is 4.99 Å². The summed E-state index contributed by atoms with van der Waals surface area (Å²) >= 11 is 0. The summed E-state index contributed by atoms with van der Waals surface area (Å²) in [5.74, 6) is 1.67. The van der Waals surface area contributed by atoms with Crippen LogP contribution in [0.1, 0.15) is 25.3 Å². The van der Waals surface area contributed by atoms with E-state index in [9.17, 15) is 4.79 Å². The molecule has 160 valence electrons. The highest BCUT2D eigenvalue weighted by Crippen LogP contribution is 2.18. The van der Waals surface area contributed by atoms with E-state index in [1.54, 1.807) is 0 Å². The zero-order valence-electron chi connectivity index (χ0n) is 17.7. The first-order chi connectivity index (χ1) is 14.7. The number of amides is 1. The molecule has 0 aromatic heterocycles. The highest BCUT2D eigenvalue weighted by Gasteiger charge is 2.22. The number of benzene rings is 2. The lowest BCUT2D eigenvalue weighted by Crippen LogP contribution is -2.48. The quantitative estimate of drug-likeness (QED) is 0.521. The Kier molecular flexibility index (Phi) is 8.57. The SMILES string of the molecule is CCNC(=NCC(=O)NCCc1ccccc1)N1CCC(Oc2ccccc2)CC1. The van der Waals surface area contributed by atoms with Crippen LogP contribution in [0.2, 0.25) is 0 Å². The monoisotopic (exact) mass is 408 g/mol. The number of piperidine rings is 1. The summed E-state index contributed by atoms with van der Waals surface area (Å²) < 4.78 is 6.07. The van der Waals surface area contributed by atoms with E-state index in [0.717, 1.165) is 50.6 Å². The van der Waals surface area contributed by atoms with Crippen molar-refractivity contribution in [3.05, 3.63) is 66.2 Å². The molecule has 0 saturated carbocycles. The lowest BCUT2D eigenvalue weighted by Gasteiger charge is -2.34. The number of carbonyl (C=O) groups excluding carboxylic acids is 1. The van der Waals surface area contributed by atoms with E-state index in [0.29, 0.717) is 6.54 Å². The fraction of sp³-hybridized carbons (Fsp3) is 0.417. The maximum absolute atomic E-state index is 12.2. The fourth-order valence-electron chi connectivity index (χ4n) is 3.50. The fourth-order valence-corrected chi connectivity index (χ4v) is 3.50. The Morgan fingerprint density at radius 2 is 1.70 bits per heavy atom. The van der Waals surface area contributed by atoms with Crippen molar-refractivity contribution in [3.63, 3.8) is 0 Å². The number of rotatable bonds is 8. The summed E-state index contributed by atoms with van der Waals surface area (Å²) in [7, 11) is 0. The van der Waals surface area contributed by atoms with Crippen molar-refractivity contribution in [2.45, 2.75) is 32.3 Å². The van der Waals surface area contributed by atoms with Crippen molar-refractivity contribution < 1.29 is 9.53 Å². The molecule has 0 bridgehead atoms. The zero-order valence-corrected chi connectivity index (χ0v) is 17.7. The molecule has 0 aliphatic carbocycles. The number of hydrogen-bond acceptors (Lipinski definition) is 3. The third-order valence-electron chi connectivity index (χ3n) is 5.07. The molecular formula is C24H32N4O2. The van der Waals surface area contributed by atoms with Gasteiger partial charge in [0, 0.05) is 39.0 Å². The number of hydrogen-bond donors (Lipinski definition) is 2. The minimum atomic E-state index is -0.0522. The molecule has 0 spiro atoms. The first-order valence-corrected chi connectivity index (χ1v) is 10.8. The van der Waals surface area contributed by atoms with E-state index in [-0.39, 0.29) is 18.6 Å². The van der Waals surface area contributed by atoms with Gasteiger partial charge in [0.25, 0.3) is 0 Å². The second kappa shape index (κ2) is 11.9. The Morgan fingerprint density at radius 3 is 2.37 bits per heavy atom. The molecule has 0 radical (unpaired) electrons. The summed E-state index contributed by atoms with van der Waals surface area (Å²) in [5, 5.41) is 6.26. The molecule has 1 heterocycles. The van der Waals surface area contributed by atoms with Gasteiger partial charge in [0.2, 0.25) is 5.91 Å². The van der Waals surface area contributed by atoms with Crippen molar-refractivity contribution in [2.24, 2.45) is 4.99 Å². The van der Waals surface area contributed by atoms with Crippen LogP contribution in [0.15, 0.2) is 65.7 Å². The number of para-hydroxylation sites is 1. The topological polar surface area (TPSA) is 66.0 Å². The maximum Gasteiger partial charge on any atom is 0.241 e. The second-order valence-electron chi connectivity index (χ2n) is 7.37. The van der Waals surface area contributed by atoms with Crippen LogP contribution in [0.5, 0.6) is 5.75 Å². The summed E-state index contributed by atoms with van der Waals surface area (Å²) in [6.45, 7) is 5.29. The van der Waals surface area contributed by atoms with Gasteiger partial charge in [-0.05, 0) is 31.0 Å². The molecule has 1 amide bonds. The molecular weight excluding hydrogens is 376 g/mol. The van der Waals surface area contributed by atoms with E-state index in [1.807, 2.05) is 55.5 Å². The van der Waals surface area contributed by atoms with E-state index in [4.69, 9.17) is 4.74 Å². The molecule has 0 unspecified atom stereocenters. The number of nitrogens with zero attached hydrogens (tertiary/aromatic N) is 2. The molecule has 6 nitrogen and oxygen atoms in total. The van der Waals surface area contributed by atoms with Crippen LogP contribution in [0.4, 0.5) is 0 Å². The van der Waals surface area contributed by atoms with Gasteiger partial charge in [-0.1, -0.05) is 48.5 Å². The summed E-state index contributed by atoms with van der Waals surface area (Å²) in [5.41, 5.74) is 1.22. The van der Waals surface area contributed by atoms with Gasteiger partial charge in [0.05, 0.1) is 0 Å². The van der Waals surface area contributed by atoms with Crippen LogP contribution in [0.3, 0.4) is 0 Å². The number of guanidine groups is 1. The molecule has 1 aliphatic rings. The number of likely N-dealkylation sites (tertiary alicyclic amines) is 1. The van der Waals surface area contributed by atoms with Crippen LogP contribution in [0.25, 0.3) is 0 Å². The van der Waals surface area contributed by atoms with Gasteiger partial charge < -0.3 is 20.3 Å². The average molecular weight is 409 g/mol. The Hall–Kier alpha value is -3.02. The molecule has 1 saturated heterocycles. The Labute approximate surface area is 179 Å². The Balaban J connectivity index is 1.43. The normalized spacial score (nSPS) is 15.0. The number of aliphatic imine (C=N–C) groups is 1. The Morgan fingerprint density at radius 1 is 1.03 bits per heavy atom. The summed E-state index contributed by atoms with van der Waals surface area (Å²) in [6.07, 6.45) is 2.91. The van der Waals surface area contributed by atoms with Crippen LogP contribution >= 0.6 is 0 Å². The summed E-state index contributed by atoms with van der Waals surface area (Å²) in [6, 6.07) is 20.1. The van der Waals surface area contributed by atoms with Crippen molar-refractivity contribution in [3.8, 4) is 5.75 Å². The van der Waals surface area contributed by atoms with Gasteiger partial charge in [0.1, 0.15) is 18.4 Å². The maximum atomic E-state index is 12.2. The molecule has 2 aromatic carbocycles. The lowest BCUT2D eigenvalue weighted by atomic mass is 10.1. The molecule has 30 heavy (non-hydrogen) atoms. The van der Waals surface area contributed by atoms with Crippen LogP contribution in [0, 0.1) is 0 Å². The van der Waals surface area contributed by atoms with Crippen LogP contribution < -0.4 is 15.4 Å². The molecule has 0 atom stereocenters. The van der Waals surface area contributed by atoms with Gasteiger partial charge in [-0.2, -0.15) is 0 Å². The van der Waals surface area contributed by atoms with Crippen molar-refractivity contribution in [2.75, 3.05) is 32.7 Å². The third-order valence-corrected chi connectivity index (χ3v) is 5.07. The molecule has 2 N–H and O–H groups in total. The number of ether oxygens (including phenoxy) is 1. The van der Waals surface area contributed by atoms with E-state index >= 15 is 0 Å². The smallest absolute Gasteiger partial charge is 0.241 e. The Bertz CT molecular complexity index is 787. The first-order valence-electron chi connectivity index (χ1n) is 10.8. The standard InChI is InChI=1S/C24H32N4O2/c1-2-25-24(27-19-23(29)26-16-13-20-9-5-3-6-10-20)28-17-14-22(15-18-28)30-21-11-7-4-8-12-21/h3-12,22H,2,13-19H2,1H3,(H,25,27)(H,26,29). The van der Waals surface area contributed by atoms with Gasteiger partial charge in [0.15, 0.2) is 5.96 Å². The highest BCUT2D eigenvalue weighted by molar-refractivity contribution is 5.85. The number of carbonyl (C=O) groups is 1. The minimum Gasteiger partial charge on any atom is -0.490 e. The van der Waals surface area contributed by atoms with Gasteiger partial charge in [-0.15, -0.1) is 0 Å². The third kappa shape index (κ3) is 7.10. The van der Waals surface area contributed by atoms with Gasteiger partial charge >= 0.3 is 0 Å². The van der Waals surface area contributed by atoms with E-state index in [2.05, 4.69) is 32.7 Å². The lowest BCUT2D eigenvalue weighted by molar-refractivity contribution is -0.119. The molecule has 1 fully saturated rings. The predicted molar refractivity (Wildman–Crippen MR) is 121 cm³/mol. The van der Waals surface area contributed by atoms with Crippen molar-refractivity contribution >= 4 is 11.9 Å². The largest absolute Gasteiger partial charge is 0.490 e. The average Bonchev–Trinajstić information content (AvgIpc) is 2.79.